The Balaban J connectivity index is 1.90. The van der Waals surface area contributed by atoms with Gasteiger partial charge in [-0.05, 0) is 24.8 Å². The molecule has 1 fully saturated rings. The first-order valence-electron chi connectivity index (χ1n) is 10.8. The third kappa shape index (κ3) is 2.48. The lowest BCUT2D eigenvalue weighted by molar-refractivity contribution is 0.315. The number of nitrogens with zero attached hydrogens (tertiary/aromatic N) is 5. The monoisotopic (exact) mass is 313 g/mol. The van der Waals surface area contributed by atoms with Gasteiger partial charge in [0.05, 0.1) is 40.8 Å². The van der Waals surface area contributed by atoms with E-state index in [1.807, 2.05) is 0 Å². The van der Waals surface area contributed by atoms with Crippen LogP contribution >= 0.6 is 0 Å². The van der Waals surface area contributed by atoms with Gasteiger partial charge in [0.1, 0.15) is 1.37 Å². The summed E-state index contributed by atoms with van der Waals surface area (Å²) < 4.78 is 58.8. The van der Waals surface area contributed by atoms with Gasteiger partial charge in [0, 0.05) is 27.6 Å². The zero-order chi connectivity index (χ0) is 21.9. The lowest BCUT2D eigenvalue weighted by Crippen LogP contribution is -2.17. The van der Waals surface area contributed by atoms with E-state index in [9.17, 15) is 5.26 Å². The van der Waals surface area contributed by atoms with Gasteiger partial charge in [0.25, 0.3) is 0 Å². The molecule has 2 aliphatic heterocycles. The Bertz CT molecular complexity index is 1130. The van der Waals surface area contributed by atoms with Gasteiger partial charge in [-0.25, -0.2) is 9.97 Å². The van der Waals surface area contributed by atoms with Gasteiger partial charge >= 0.3 is 0 Å². The number of aromatic nitrogens is 5. The minimum Gasteiger partial charge on any atom is -0.345 e. The normalized spacial score (nSPS) is 24.4. The number of hydrogen-bond donors (Lipinski definition) is 1. The maximum absolute atomic E-state index is 9.44. The molecule has 3 aliphatic rings. The van der Waals surface area contributed by atoms with Crippen LogP contribution in [0.5, 0.6) is 0 Å². The number of hydrogen-bond acceptors (Lipinski definition) is 4. The standard InChI is InChI=1S/C17H18N6/c18-7-5-15(12-3-1-2-4-12)23-10-13(9-22-23)16-14-6-8-19-17(14)21-11-20-16/h6,8-12,15H,1-5H2,(H,19,20,21)/t15-/m0/s1/i5D2,6D,8D,11D,12D,15D. The molecule has 0 radical (unpaired) electrons. The second kappa shape index (κ2) is 5.84. The minimum absolute atomic E-state index is 0.0498. The molecule has 23 heavy (non-hydrogen) atoms. The third-order valence-electron chi connectivity index (χ3n) is 3.98. The van der Waals surface area contributed by atoms with Crippen molar-refractivity contribution < 1.29 is 9.60 Å². The number of fused-ring (bicyclic) bond motifs is 1. The summed E-state index contributed by atoms with van der Waals surface area (Å²) in [7, 11) is 0. The summed E-state index contributed by atoms with van der Waals surface area (Å²) in [5, 5.41) is 13.6. The maximum atomic E-state index is 9.44. The highest BCUT2D eigenvalue weighted by Crippen LogP contribution is 2.37. The molecular weight excluding hydrogens is 288 g/mol. The van der Waals surface area contributed by atoms with Gasteiger partial charge in [-0.2, -0.15) is 10.4 Å². The van der Waals surface area contributed by atoms with Crippen molar-refractivity contribution in [2.45, 2.75) is 38.1 Å². The molecule has 1 saturated carbocycles. The summed E-state index contributed by atoms with van der Waals surface area (Å²) in [5.74, 6) is -1.50. The summed E-state index contributed by atoms with van der Waals surface area (Å²) >= 11 is 0. The molecule has 0 bridgehead atoms. The summed E-state index contributed by atoms with van der Waals surface area (Å²) in [6.45, 7) is 0. The van der Waals surface area contributed by atoms with Crippen molar-refractivity contribution in [3.8, 4) is 28.7 Å². The van der Waals surface area contributed by atoms with Gasteiger partial charge in [0.15, 0.2) is 5.82 Å². The second-order valence-electron chi connectivity index (χ2n) is 5.34. The van der Waals surface area contributed by atoms with Crippen molar-refractivity contribution >= 4 is 0 Å². The first-order chi connectivity index (χ1) is 14.0. The van der Waals surface area contributed by atoms with Gasteiger partial charge in [-0.1, -0.05) is 12.8 Å². The summed E-state index contributed by atoms with van der Waals surface area (Å²) in [5.41, 5.74) is 0.747. The maximum Gasteiger partial charge on any atom is 0.162 e. The summed E-state index contributed by atoms with van der Waals surface area (Å²) in [6, 6.07) is -0.963. The topological polar surface area (TPSA) is 83.2 Å². The highest BCUT2D eigenvalue weighted by atomic mass is 15.3. The summed E-state index contributed by atoms with van der Waals surface area (Å²) in [6.07, 6.45) is 1.26. The lowest BCUT2D eigenvalue weighted by atomic mass is 9.96. The zero-order valence-corrected chi connectivity index (χ0v) is 12.2. The molecule has 6 heteroatoms. The van der Waals surface area contributed by atoms with Crippen LogP contribution < -0.4 is 0 Å². The van der Waals surface area contributed by atoms with Crippen LogP contribution in [0.1, 0.15) is 47.7 Å². The average molecular weight is 313 g/mol. The Labute approximate surface area is 144 Å². The fourth-order valence-corrected chi connectivity index (χ4v) is 2.89. The van der Waals surface area contributed by atoms with E-state index in [0.29, 0.717) is 18.4 Å². The second-order valence-corrected chi connectivity index (χ2v) is 5.34. The first-order valence-corrected chi connectivity index (χ1v) is 7.34. The van der Waals surface area contributed by atoms with Crippen LogP contribution in [-0.2, 0) is 0 Å². The molecule has 1 aliphatic carbocycles. The first kappa shape index (κ1) is 8.25. The number of nitriles is 1. The Morgan fingerprint density at radius 1 is 1.57 bits per heavy atom. The fourth-order valence-electron chi connectivity index (χ4n) is 2.89. The predicted molar refractivity (Wildman–Crippen MR) is 85.5 cm³/mol. The molecule has 6 nitrogen and oxygen atoms in total. The van der Waals surface area contributed by atoms with E-state index in [1.165, 1.54) is 18.5 Å². The molecule has 0 amide bonds. The van der Waals surface area contributed by atoms with Crippen LogP contribution in [0.15, 0.2) is 30.9 Å². The molecular formula is C17H18N6. The van der Waals surface area contributed by atoms with Crippen molar-refractivity contribution in [3.05, 3.63) is 30.9 Å². The van der Waals surface area contributed by atoms with E-state index in [2.05, 4.69) is 20.1 Å². The van der Waals surface area contributed by atoms with Crippen LogP contribution in [0, 0.1) is 17.2 Å². The molecule has 0 aromatic carbocycles. The van der Waals surface area contributed by atoms with Crippen LogP contribution in [0.3, 0.4) is 0 Å². The molecule has 116 valence electrons. The minimum atomic E-state index is -2.70. The molecule has 4 rings (SSSR count). The molecule has 1 N–H and O–H groups in total. The summed E-state index contributed by atoms with van der Waals surface area (Å²) in [4.78, 5) is 10.5. The molecule has 1 aromatic heterocycles. The molecule has 0 unspecified atom stereocenters. The molecule has 1 atom stereocenters. The van der Waals surface area contributed by atoms with Gasteiger partial charge in [0.2, 0.25) is 0 Å². The predicted octanol–water partition coefficient (Wildman–Crippen LogP) is 3.42. The lowest BCUT2D eigenvalue weighted by Gasteiger charge is -2.21. The van der Waals surface area contributed by atoms with Crippen molar-refractivity contribution in [3.63, 3.8) is 0 Å². The number of H-pyrrole nitrogens is 1. The van der Waals surface area contributed by atoms with Crippen LogP contribution in [0.25, 0.3) is 22.6 Å². The Morgan fingerprint density at radius 2 is 2.43 bits per heavy atom. The smallest absolute Gasteiger partial charge is 0.162 e. The fraction of sp³-hybridized carbons (Fsp3) is 0.412. The molecule has 0 saturated heterocycles. The molecule has 1 aromatic rings. The van der Waals surface area contributed by atoms with E-state index in [0.717, 1.165) is 4.68 Å². The Morgan fingerprint density at radius 3 is 3.26 bits per heavy atom. The van der Waals surface area contributed by atoms with Crippen LogP contribution in [0.4, 0.5) is 0 Å². The van der Waals surface area contributed by atoms with Crippen molar-refractivity contribution in [1.29, 1.82) is 5.26 Å². The van der Waals surface area contributed by atoms with Gasteiger partial charge < -0.3 is 4.98 Å². The highest BCUT2D eigenvalue weighted by Gasteiger charge is 2.27. The largest absolute Gasteiger partial charge is 0.345 e. The van der Waals surface area contributed by atoms with Crippen molar-refractivity contribution in [2.75, 3.05) is 0 Å². The molecule has 0 spiro atoms. The SMILES string of the molecule is [2H]c1nc2nc([2H])c([2H])c-2c(-c2cnn([C@@]([2H])(C([2H])([2H])C#N)C3([2H])CCCC3)c2)[nH]1. The number of aromatic amines is 1. The van der Waals surface area contributed by atoms with Gasteiger partial charge in [-0.3, -0.25) is 4.68 Å². The van der Waals surface area contributed by atoms with Crippen LogP contribution in [0.2, 0.25) is 0 Å². The number of rotatable bonds is 4. The Kier molecular flexibility index (Phi) is 2.10. The van der Waals surface area contributed by atoms with Crippen LogP contribution in [-0.4, -0.2) is 24.7 Å². The Hall–Kier alpha value is -2.68. The van der Waals surface area contributed by atoms with E-state index in [1.54, 1.807) is 0 Å². The third-order valence-corrected chi connectivity index (χ3v) is 3.98. The number of nitrogens with one attached hydrogen (secondary N) is 1. The zero-order valence-electron chi connectivity index (χ0n) is 19.2. The van der Waals surface area contributed by atoms with Crippen molar-refractivity contribution in [2.24, 2.45) is 5.89 Å². The van der Waals surface area contributed by atoms with E-state index >= 15 is 0 Å². The van der Waals surface area contributed by atoms with E-state index in [-0.39, 0.29) is 48.4 Å². The quantitative estimate of drug-likeness (QED) is 0.800. The highest BCUT2D eigenvalue weighted by molar-refractivity contribution is 5.77. The van der Waals surface area contributed by atoms with E-state index < -0.39 is 18.3 Å². The average Bonchev–Trinajstić information content (AvgIpc) is 3.41. The van der Waals surface area contributed by atoms with E-state index in [4.69, 9.17) is 9.60 Å². The van der Waals surface area contributed by atoms with Crippen molar-refractivity contribution in [1.82, 2.24) is 24.7 Å². The molecule has 3 heterocycles. The van der Waals surface area contributed by atoms with Gasteiger partial charge in [-0.15, -0.1) is 0 Å².